The molecule has 0 spiro atoms. The summed E-state index contributed by atoms with van der Waals surface area (Å²) in [5.74, 6) is 0. The lowest BCUT2D eigenvalue weighted by atomic mass is 10.2. The zero-order valence-electron chi connectivity index (χ0n) is 8.89. The van der Waals surface area contributed by atoms with E-state index in [-0.39, 0.29) is 0 Å². The van der Waals surface area contributed by atoms with E-state index in [1.165, 1.54) is 0 Å². The number of rotatable bonds is 4. The zero-order valence-corrected chi connectivity index (χ0v) is 8.89. The molecule has 80 valence electrons. The molecule has 0 saturated carbocycles. The van der Waals surface area contributed by atoms with E-state index < -0.39 is 0 Å². The second-order valence-electron chi connectivity index (χ2n) is 3.71. The maximum absolute atomic E-state index is 10.6. The van der Waals surface area contributed by atoms with E-state index >= 15 is 0 Å². The number of aryl methyl sites for hydroxylation is 1. The van der Waals surface area contributed by atoms with Crippen molar-refractivity contribution in [3.63, 3.8) is 0 Å². The summed E-state index contributed by atoms with van der Waals surface area (Å²) >= 11 is 0. The molecule has 3 nitrogen and oxygen atoms in total. The highest BCUT2D eigenvalue weighted by atomic mass is 16.1. The first-order valence-electron chi connectivity index (χ1n) is 5.26. The van der Waals surface area contributed by atoms with Gasteiger partial charge in [0.05, 0.1) is 6.07 Å². The summed E-state index contributed by atoms with van der Waals surface area (Å²) < 4.78 is 2.11. The van der Waals surface area contributed by atoms with Crippen molar-refractivity contribution < 1.29 is 4.79 Å². The minimum Gasteiger partial charge on any atom is -0.347 e. The van der Waals surface area contributed by atoms with Crippen molar-refractivity contribution in [3.05, 3.63) is 36.0 Å². The van der Waals surface area contributed by atoms with Crippen LogP contribution in [0.15, 0.2) is 30.5 Å². The Kier molecular flexibility index (Phi) is 3.02. The van der Waals surface area contributed by atoms with Gasteiger partial charge < -0.3 is 4.57 Å². The zero-order chi connectivity index (χ0) is 11.4. The van der Waals surface area contributed by atoms with Crippen LogP contribution < -0.4 is 0 Å². The topological polar surface area (TPSA) is 45.8 Å². The Morgan fingerprint density at radius 3 is 3.00 bits per heavy atom. The van der Waals surface area contributed by atoms with E-state index in [0.717, 1.165) is 30.2 Å². The van der Waals surface area contributed by atoms with E-state index in [0.29, 0.717) is 12.0 Å². The molecular formula is C13H12N2O. The number of nitrogens with zero attached hydrogens (tertiary/aromatic N) is 2. The van der Waals surface area contributed by atoms with Crippen LogP contribution in [0.2, 0.25) is 0 Å². The number of hydrogen-bond acceptors (Lipinski definition) is 2. The van der Waals surface area contributed by atoms with Gasteiger partial charge in [-0.25, -0.2) is 0 Å². The van der Waals surface area contributed by atoms with Gasteiger partial charge in [0, 0.05) is 35.6 Å². The summed E-state index contributed by atoms with van der Waals surface area (Å²) in [4.78, 5) is 10.6. The Morgan fingerprint density at radius 1 is 1.38 bits per heavy atom. The van der Waals surface area contributed by atoms with Crippen LogP contribution in [0.3, 0.4) is 0 Å². The molecule has 0 aliphatic heterocycles. The van der Waals surface area contributed by atoms with Crippen molar-refractivity contribution in [2.45, 2.75) is 19.4 Å². The van der Waals surface area contributed by atoms with Gasteiger partial charge >= 0.3 is 0 Å². The molecule has 1 aromatic carbocycles. The Labute approximate surface area is 93.9 Å². The number of aromatic nitrogens is 1. The third kappa shape index (κ3) is 1.96. The first-order chi connectivity index (χ1) is 7.85. The van der Waals surface area contributed by atoms with Crippen molar-refractivity contribution >= 4 is 17.2 Å². The third-order valence-electron chi connectivity index (χ3n) is 2.62. The third-order valence-corrected chi connectivity index (χ3v) is 2.62. The summed E-state index contributed by atoms with van der Waals surface area (Å²) in [6, 6.07) is 9.78. The maximum Gasteiger partial charge on any atom is 0.150 e. The van der Waals surface area contributed by atoms with Gasteiger partial charge in [-0.2, -0.15) is 5.26 Å². The molecule has 0 fully saturated rings. The monoisotopic (exact) mass is 212 g/mol. The highest BCUT2D eigenvalue weighted by Gasteiger charge is 2.01. The number of fused-ring (bicyclic) bond motifs is 1. The largest absolute Gasteiger partial charge is 0.347 e. The molecule has 0 amide bonds. The summed E-state index contributed by atoms with van der Waals surface area (Å²) in [6.07, 6.45) is 4.28. The number of aldehydes is 1. The van der Waals surface area contributed by atoms with Gasteiger partial charge in [0.15, 0.2) is 0 Å². The van der Waals surface area contributed by atoms with Crippen LogP contribution in [-0.4, -0.2) is 10.9 Å². The number of unbranched alkanes of at least 4 members (excludes halogenated alkanes) is 1. The molecule has 1 aromatic heterocycles. The van der Waals surface area contributed by atoms with E-state index in [4.69, 9.17) is 5.26 Å². The van der Waals surface area contributed by atoms with Crippen molar-refractivity contribution in [3.8, 4) is 6.07 Å². The van der Waals surface area contributed by atoms with Crippen LogP contribution in [0, 0.1) is 11.3 Å². The fraction of sp³-hybridized carbons (Fsp3) is 0.231. The number of carbonyl (C=O) groups is 1. The van der Waals surface area contributed by atoms with Crippen LogP contribution in [0.1, 0.15) is 23.2 Å². The lowest BCUT2D eigenvalue weighted by molar-refractivity contribution is 0.112. The van der Waals surface area contributed by atoms with Crippen LogP contribution in [0.5, 0.6) is 0 Å². The molecule has 0 aliphatic rings. The van der Waals surface area contributed by atoms with E-state index in [1.54, 1.807) is 0 Å². The van der Waals surface area contributed by atoms with Crippen molar-refractivity contribution in [1.29, 1.82) is 5.26 Å². The number of nitriles is 1. The maximum atomic E-state index is 10.6. The Balaban J connectivity index is 2.28. The molecule has 0 bridgehead atoms. The summed E-state index contributed by atoms with van der Waals surface area (Å²) in [6.45, 7) is 0.845. The van der Waals surface area contributed by atoms with E-state index in [1.807, 2.05) is 30.5 Å². The average Bonchev–Trinajstić information content (AvgIpc) is 2.72. The van der Waals surface area contributed by atoms with Crippen molar-refractivity contribution in [2.75, 3.05) is 0 Å². The van der Waals surface area contributed by atoms with Gasteiger partial charge in [0.1, 0.15) is 6.29 Å². The van der Waals surface area contributed by atoms with Crippen LogP contribution in [0.25, 0.3) is 10.9 Å². The van der Waals surface area contributed by atoms with Gasteiger partial charge in [-0.3, -0.25) is 4.79 Å². The van der Waals surface area contributed by atoms with Crippen LogP contribution in [-0.2, 0) is 6.54 Å². The Bertz CT molecular complexity index is 549. The lowest BCUT2D eigenvalue weighted by Gasteiger charge is -2.03. The second kappa shape index (κ2) is 4.63. The van der Waals surface area contributed by atoms with Crippen molar-refractivity contribution in [2.24, 2.45) is 0 Å². The first-order valence-corrected chi connectivity index (χ1v) is 5.26. The molecule has 2 rings (SSSR count). The van der Waals surface area contributed by atoms with E-state index in [9.17, 15) is 4.79 Å². The fourth-order valence-electron chi connectivity index (χ4n) is 1.82. The van der Waals surface area contributed by atoms with Gasteiger partial charge in [-0.15, -0.1) is 0 Å². The van der Waals surface area contributed by atoms with E-state index in [2.05, 4.69) is 10.6 Å². The minimum atomic E-state index is 0.575. The quantitative estimate of drug-likeness (QED) is 0.577. The molecule has 1 heterocycles. The van der Waals surface area contributed by atoms with Gasteiger partial charge in [0.25, 0.3) is 0 Å². The second-order valence-corrected chi connectivity index (χ2v) is 3.71. The molecule has 16 heavy (non-hydrogen) atoms. The minimum absolute atomic E-state index is 0.575. The van der Waals surface area contributed by atoms with Gasteiger partial charge in [-0.1, -0.05) is 0 Å². The molecule has 0 saturated heterocycles. The summed E-state index contributed by atoms with van der Waals surface area (Å²) in [5, 5.41) is 9.55. The SMILES string of the molecule is N#CCCCn1ccc2cc(C=O)ccc21. The normalized spacial score (nSPS) is 10.2. The predicted molar refractivity (Wildman–Crippen MR) is 62.2 cm³/mol. The molecule has 0 radical (unpaired) electrons. The van der Waals surface area contributed by atoms with Gasteiger partial charge in [0.2, 0.25) is 0 Å². The standard InChI is InChI=1S/C13H12N2O/c14-6-1-2-7-15-8-5-12-9-11(10-16)3-4-13(12)15/h3-5,8-10H,1-2,7H2. The Hall–Kier alpha value is -2.08. The summed E-state index contributed by atoms with van der Waals surface area (Å²) in [7, 11) is 0. The molecule has 0 aliphatic carbocycles. The first kappa shape index (κ1) is 10.4. The molecule has 3 heteroatoms. The molecular weight excluding hydrogens is 200 g/mol. The molecule has 0 atom stereocenters. The number of carbonyl (C=O) groups excluding carboxylic acids is 1. The van der Waals surface area contributed by atoms with Crippen LogP contribution in [0.4, 0.5) is 0 Å². The smallest absolute Gasteiger partial charge is 0.150 e. The molecule has 0 unspecified atom stereocenters. The molecule has 2 aromatic rings. The average molecular weight is 212 g/mol. The van der Waals surface area contributed by atoms with Crippen LogP contribution >= 0.6 is 0 Å². The number of benzene rings is 1. The van der Waals surface area contributed by atoms with Gasteiger partial charge in [-0.05, 0) is 30.7 Å². The summed E-state index contributed by atoms with van der Waals surface area (Å²) in [5.41, 5.74) is 1.81. The number of hydrogen-bond donors (Lipinski definition) is 0. The fourth-order valence-corrected chi connectivity index (χ4v) is 1.82. The molecule has 0 N–H and O–H groups in total. The predicted octanol–water partition coefficient (Wildman–Crippen LogP) is 2.76. The lowest BCUT2D eigenvalue weighted by Crippen LogP contribution is -1.95. The Morgan fingerprint density at radius 2 is 2.25 bits per heavy atom. The highest BCUT2D eigenvalue weighted by Crippen LogP contribution is 2.17. The van der Waals surface area contributed by atoms with Crippen molar-refractivity contribution in [1.82, 2.24) is 4.57 Å². The highest BCUT2D eigenvalue weighted by molar-refractivity contribution is 5.87.